The molecule has 4 heteroatoms. The molecular weight excluding hydrogens is 286 g/mol. The molecule has 4 nitrogen and oxygen atoms in total. The molecule has 122 valence electrons. The van der Waals surface area contributed by atoms with E-state index in [1.807, 2.05) is 12.1 Å². The van der Waals surface area contributed by atoms with Gasteiger partial charge in [-0.1, -0.05) is 24.3 Å². The standard InChI is InChI=1S/C19H25N3O/c1-23-19-8-4-17(5-9-19)15-21-10-12-22(13-11-21)18-6-2-16(14-20)3-7-18/h2-9H,10-15,20H2,1H3. The van der Waals surface area contributed by atoms with Crippen molar-refractivity contribution >= 4 is 5.69 Å². The van der Waals surface area contributed by atoms with Crippen molar-refractivity contribution in [3.63, 3.8) is 0 Å². The molecule has 1 heterocycles. The van der Waals surface area contributed by atoms with Gasteiger partial charge in [-0.25, -0.2) is 0 Å². The highest BCUT2D eigenvalue weighted by Gasteiger charge is 2.17. The molecule has 0 unspecified atom stereocenters. The molecule has 0 aromatic heterocycles. The molecular formula is C19H25N3O. The number of piperazine rings is 1. The summed E-state index contributed by atoms with van der Waals surface area (Å²) >= 11 is 0. The van der Waals surface area contributed by atoms with E-state index in [-0.39, 0.29) is 0 Å². The monoisotopic (exact) mass is 311 g/mol. The van der Waals surface area contributed by atoms with Crippen LogP contribution < -0.4 is 15.4 Å². The van der Waals surface area contributed by atoms with Crippen molar-refractivity contribution in [2.24, 2.45) is 5.73 Å². The number of anilines is 1. The van der Waals surface area contributed by atoms with E-state index < -0.39 is 0 Å². The lowest BCUT2D eigenvalue weighted by Gasteiger charge is -2.36. The van der Waals surface area contributed by atoms with Crippen molar-refractivity contribution in [3.05, 3.63) is 59.7 Å². The third-order valence-electron chi connectivity index (χ3n) is 4.47. The molecule has 2 aromatic carbocycles. The zero-order chi connectivity index (χ0) is 16.1. The largest absolute Gasteiger partial charge is 0.497 e. The third kappa shape index (κ3) is 4.03. The molecule has 0 bridgehead atoms. The number of methoxy groups -OCH3 is 1. The first-order chi connectivity index (χ1) is 11.3. The Kier molecular flexibility index (Phi) is 5.16. The summed E-state index contributed by atoms with van der Waals surface area (Å²) in [7, 11) is 1.70. The topological polar surface area (TPSA) is 41.7 Å². The van der Waals surface area contributed by atoms with Crippen LogP contribution in [0, 0.1) is 0 Å². The Morgan fingerprint density at radius 2 is 1.48 bits per heavy atom. The highest BCUT2D eigenvalue weighted by Crippen LogP contribution is 2.19. The highest BCUT2D eigenvalue weighted by atomic mass is 16.5. The van der Waals surface area contributed by atoms with Crippen molar-refractivity contribution in [2.75, 3.05) is 38.2 Å². The summed E-state index contributed by atoms with van der Waals surface area (Å²) in [6.07, 6.45) is 0. The molecule has 2 aromatic rings. The molecule has 3 rings (SSSR count). The van der Waals surface area contributed by atoms with E-state index in [0.717, 1.165) is 38.5 Å². The van der Waals surface area contributed by atoms with E-state index in [4.69, 9.17) is 10.5 Å². The molecule has 0 atom stereocenters. The van der Waals surface area contributed by atoms with Gasteiger partial charge in [-0.2, -0.15) is 0 Å². The number of hydrogen-bond acceptors (Lipinski definition) is 4. The predicted molar refractivity (Wildman–Crippen MR) is 94.8 cm³/mol. The fourth-order valence-corrected chi connectivity index (χ4v) is 3.00. The molecule has 0 aliphatic carbocycles. The summed E-state index contributed by atoms with van der Waals surface area (Å²) in [5, 5.41) is 0. The van der Waals surface area contributed by atoms with Crippen molar-refractivity contribution in [1.82, 2.24) is 4.90 Å². The van der Waals surface area contributed by atoms with Gasteiger partial charge in [-0.15, -0.1) is 0 Å². The molecule has 0 amide bonds. The SMILES string of the molecule is COc1ccc(CN2CCN(c3ccc(CN)cc3)CC2)cc1. The summed E-state index contributed by atoms with van der Waals surface area (Å²) in [5.74, 6) is 0.916. The highest BCUT2D eigenvalue weighted by molar-refractivity contribution is 5.48. The molecule has 0 radical (unpaired) electrons. The Balaban J connectivity index is 1.53. The predicted octanol–water partition coefficient (Wildman–Crippen LogP) is 2.48. The maximum atomic E-state index is 5.66. The van der Waals surface area contributed by atoms with Crippen LogP contribution in [0.5, 0.6) is 5.75 Å². The smallest absolute Gasteiger partial charge is 0.118 e. The summed E-state index contributed by atoms with van der Waals surface area (Å²) in [6, 6.07) is 17.0. The Hall–Kier alpha value is -2.04. The zero-order valence-corrected chi connectivity index (χ0v) is 13.7. The van der Waals surface area contributed by atoms with Crippen LogP contribution in [-0.2, 0) is 13.1 Å². The molecule has 0 saturated carbocycles. The number of nitrogens with zero attached hydrogens (tertiary/aromatic N) is 2. The Labute approximate surface area is 138 Å². The van der Waals surface area contributed by atoms with Crippen molar-refractivity contribution in [1.29, 1.82) is 0 Å². The van der Waals surface area contributed by atoms with Crippen LogP contribution in [0.3, 0.4) is 0 Å². The van der Waals surface area contributed by atoms with Gasteiger partial charge in [0.1, 0.15) is 5.75 Å². The first-order valence-electron chi connectivity index (χ1n) is 8.18. The van der Waals surface area contributed by atoms with E-state index in [1.165, 1.54) is 16.8 Å². The second kappa shape index (κ2) is 7.49. The van der Waals surface area contributed by atoms with Crippen LogP contribution in [0.15, 0.2) is 48.5 Å². The maximum absolute atomic E-state index is 5.66. The minimum atomic E-state index is 0.607. The van der Waals surface area contributed by atoms with Crippen LogP contribution in [0.4, 0.5) is 5.69 Å². The van der Waals surface area contributed by atoms with Crippen molar-refractivity contribution < 1.29 is 4.74 Å². The number of rotatable bonds is 5. The van der Waals surface area contributed by atoms with E-state index >= 15 is 0 Å². The molecule has 1 fully saturated rings. The first-order valence-corrected chi connectivity index (χ1v) is 8.18. The normalized spacial score (nSPS) is 15.7. The molecule has 1 aliphatic heterocycles. The minimum Gasteiger partial charge on any atom is -0.497 e. The van der Waals surface area contributed by atoms with Crippen LogP contribution in [0.25, 0.3) is 0 Å². The number of nitrogens with two attached hydrogens (primary N) is 1. The lowest BCUT2D eigenvalue weighted by Crippen LogP contribution is -2.45. The summed E-state index contributed by atoms with van der Waals surface area (Å²) < 4.78 is 5.21. The van der Waals surface area contributed by atoms with E-state index in [9.17, 15) is 0 Å². The lowest BCUT2D eigenvalue weighted by molar-refractivity contribution is 0.250. The maximum Gasteiger partial charge on any atom is 0.118 e. The Morgan fingerprint density at radius 1 is 0.870 bits per heavy atom. The van der Waals surface area contributed by atoms with Gasteiger partial charge >= 0.3 is 0 Å². The van der Waals surface area contributed by atoms with E-state index in [1.54, 1.807) is 7.11 Å². The Bertz CT molecular complexity index is 602. The van der Waals surface area contributed by atoms with Crippen LogP contribution in [-0.4, -0.2) is 38.2 Å². The van der Waals surface area contributed by atoms with Gasteiger partial charge in [0.05, 0.1) is 7.11 Å². The number of ether oxygens (including phenoxy) is 1. The van der Waals surface area contributed by atoms with Gasteiger partial charge in [0.15, 0.2) is 0 Å². The van der Waals surface area contributed by atoms with Gasteiger partial charge in [-0.3, -0.25) is 4.90 Å². The summed E-state index contributed by atoms with van der Waals surface area (Å²) in [6.45, 7) is 5.92. The fraction of sp³-hybridized carbons (Fsp3) is 0.368. The minimum absolute atomic E-state index is 0.607. The van der Waals surface area contributed by atoms with Crippen LogP contribution in [0.2, 0.25) is 0 Å². The third-order valence-corrected chi connectivity index (χ3v) is 4.47. The lowest BCUT2D eigenvalue weighted by atomic mass is 10.1. The number of hydrogen-bond donors (Lipinski definition) is 1. The second-order valence-electron chi connectivity index (χ2n) is 5.98. The molecule has 1 aliphatic rings. The van der Waals surface area contributed by atoms with E-state index in [2.05, 4.69) is 46.2 Å². The van der Waals surface area contributed by atoms with Crippen molar-refractivity contribution in [2.45, 2.75) is 13.1 Å². The molecule has 2 N–H and O–H groups in total. The average molecular weight is 311 g/mol. The molecule has 23 heavy (non-hydrogen) atoms. The molecule has 0 spiro atoms. The van der Waals surface area contributed by atoms with Crippen LogP contribution >= 0.6 is 0 Å². The number of benzene rings is 2. The van der Waals surface area contributed by atoms with Gasteiger partial charge < -0.3 is 15.4 Å². The average Bonchev–Trinajstić information content (AvgIpc) is 2.63. The van der Waals surface area contributed by atoms with Crippen molar-refractivity contribution in [3.8, 4) is 5.75 Å². The zero-order valence-electron chi connectivity index (χ0n) is 13.7. The van der Waals surface area contributed by atoms with Gasteiger partial charge in [0.2, 0.25) is 0 Å². The van der Waals surface area contributed by atoms with Gasteiger partial charge in [0, 0.05) is 45.0 Å². The quantitative estimate of drug-likeness (QED) is 0.921. The van der Waals surface area contributed by atoms with Gasteiger partial charge in [-0.05, 0) is 35.4 Å². The fourth-order valence-electron chi connectivity index (χ4n) is 3.00. The second-order valence-corrected chi connectivity index (χ2v) is 5.98. The Morgan fingerprint density at radius 3 is 2.04 bits per heavy atom. The molecule has 1 saturated heterocycles. The first kappa shape index (κ1) is 15.8. The summed E-state index contributed by atoms with van der Waals surface area (Å²) in [5.41, 5.74) is 9.48. The van der Waals surface area contributed by atoms with E-state index in [0.29, 0.717) is 6.54 Å². The summed E-state index contributed by atoms with van der Waals surface area (Å²) in [4.78, 5) is 4.96. The van der Waals surface area contributed by atoms with Gasteiger partial charge in [0.25, 0.3) is 0 Å². The van der Waals surface area contributed by atoms with Crippen LogP contribution in [0.1, 0.15) is 11.1 Å².